The van der Waals surface area contributed by atoms with E-state index in [1.165, 1.54) is 65.3 Å². The van der Waals surface area contributed by atoms with E-state index < -0.39 is 0 Å². The molecule has 0 aliphatic heterocycles. The average Bonchev–Trinajstić information content (AvgIpc) is 3.22. The number of rotatable bonds is 8. The summed E-state index contributed by atoms with van der Waals surface area (Å²) in [5.41, 5.74) is 9.20. The molecule has 0 amide bonds. The summed E-state index contributed by atoms with van der Waals surface area (Å²) in [6, 6.07) is 65.7. The summed E-state index contributed by atoms with van der Waals surface area (Å²) in [5.74, 6) is 0.706. The summed E-state index contributed by atoms with van der Waals surface area (Å²) in [4.78, 5) is 6.44. The summed E-state index contributed by atoms with van der Waals surface area (Å²) in [6.07, 6.45) is 3.62. The van der Waals surface area contributed by atoms with Crippen LogP contribution in [0.3, 0.4) is 0 Å². The van der Waals surface area contributed by atoms with Crippen molar-refractivity contribution in [2.45, 2.75) is 0 Å². The molecule has 9 rings (SSSR count). The Morgan fingerprint density at radius 1 is 0.415 bits per heavy atom. The topological polar surface area (TPSA) is 15.6 Å². The van der Waals surface area contributed by atoms with Crippen LogP contribution >= 0.6 is 0 Å². The van der Waals surface area contributed by atoms with E-state index in [4.69, 9.17) is 0 Å². The monoisotopic (exact) mass is 676 g/mol. The molecule has 9 aromatic rings. The van der Waals surface area contributed by atoms with Gasteiger partial charge in [-0.3, -0.25) is 4.90 Å². The van der Waals surface area contributed by atoms with Gasteiger partial charge in [-0.1, -0.05) is 152 Å². The Hall–Kier alpha value is -7.03. The van der Waals surface area contributed by atoms with Gasteiger partial charge in [-0.25, -0.2) is 4.99 Å². The predicted octanol–water partition coefficient (Wildman–Crippen LogP) is 14.2. The third-order valence-electron chi connectivity index (χ3n) is 10.2. The van der Waals surface area contributed by atoms with Crippen molar-refractivity contribution < 1.29 is 0 Å². The molecule has 0 aliphatic rings. The summed E-state index contributed by atoms with van der Waals surface area (Å²) >= 11 is 0. The van der Waals surface area contributed by atoms with Crippen LogP contribution in [0.2, 0.25) is 0 Å². The molecule has 9 aromatic carbocycles. The molecule has 0 spiro atoms. The van der Waals surface area contributed by atoms with Gasteiger partial charge in [0.05, 0.1) is 0 Å². The molecule has 0 aromatic heterocycles. The summed E-state index contributed by atoms with van der Waals surface area (Å²) in [6.45, 7) is 7.76. The summed E-state index contributed by atoms with van der Waals surface area (Å²) < 4.78 is 0. The van der Waals surface area contributed by atoms with Crippen molar-refractivity contribution in [2.75, 3.05) is 4.90 Å². The van der Waals surface area contributed by atoms with Crippen LogP contribution in [0.25, 0.3) is 76.5 Å². The first-order chi connectivity index (χ1) is 26.2. The molecule has 2 heteroatoms. The van der Waals surface area contributed by atoms with Gasteiger partial charge in [0.2, 0.25) is 0 Å². The molecule has 0 radical (unpaired) electrons. The quantitative estimate of drug-likeness (QED) is 0.0888. The molecule has 53 heavy (non-hydrogen) atoms. The molecular formula is C51H36N2. The standard InChI is InChI=1S/C51H36N2/c1-3-13-49(52-2)53(43-18-5-4-6-19-43)44-29-26-37(27-30-44)40-28-31-47-48(34-40)51(42-25-23-36-15-8-10-17-39(36)33-42)46-21-12-11-20-45(46)50(47)41-24-22-35-14-7-9-16-38(35)32-41/h3-34H,1-2H2/b49-13+. The van der Waals surface area contributed by atoms with Gasteiger partial charge >= 0.3 is 0 Å². The van der Waals surface area contributed by atoms with Crippen molar-refractivity contribution in [2.24, 2.45) is 4.99 Å². The molecule has 0 saturated carbocycles. The van der Waals surface area contributed by atoms with Gasteiger partial charge in [-0.05, 0) is 132 Å². The van der Waals surface area contributed by atoms with Gasteiger partial charge in [0.25, 0.3) is 0 Å². The van der Waals surface area contributed by atoms with E-state index in [0.29, 0.717) is 5.82 Å². The number of anilines is 2. The zero-order valence-corrected chi connectivity index (χ0v) is 29.3. The Balaban J connectivity index is 1.27. The Bertz CT molecular complexity index is 2860. The van der Waals surface area contributed by atoms with Gasteiger partial charge < -0.3 is 0 Å². The zero-order chi connectivity index (χ0) is 35.7. The lowest BCUT2D eigenvalue weighted by molar-refractivity contribution is 1.13. The van der Waals surface area contributed by atoms with Crippen molar-refractivity contribution >= 4 is 61.2 Å². The van der Waals surface area contributed by atoms with Crippen LogP contribution in [0.15, 0.2) is 212 Å². The third-order valence-corrected chi connectivity index (χ3v) is 10.2. The SMILES string of the molecule is C=C/C=C(\N=C)N(c1ccccc1)c1ccc(-c2ccc3c(-c4ccc5ccccc5c4)c4ccccc4c(-c4ccc5ccccc5c4)c3c2)cc1. The molecule has 0 saturated heterocycles. The first-order valence-corrected chi connectivity index (χ1v) is 17.9. The number of benzene rings is 9. The third kappa shape index (κ3) is 5.77. The van der Waals surface area contributed by atoms with E-state index in [9.17, 15) is 0 Å². The number of aliphatic imine (C=N–C) groups is 1. The number of hydrogen-bond donors (Lipinski definition) is 0. The zero-order valence-electron chi connectivity index (χ0n) is 29.3. The van der Waals surface area contributed by atoms with Gasteiger partial charge in [-0.15, -0.1) is 0 Å². The Morgan fingerprint density at radius 3 is 1.47 bits per heavy atom. The highest BCUT2D eigenvalue weighted by Gasteiger charge is 2.19. The average molecular weight is 677 g/mol. The minimum Gasteiger partial charge on any atom is -0.295 e. The predicted molar refractivity (Wildman–Crippen MR) is 229 cm³/mol. The van der Waals surface area contributed by atoms with Crippen molar-refractivity contribution in [1.82, 2.24) is 0 Å². The second kappa shape index (κ2) is 13.6. The normalized spacial score (nSPS) is 11.7. The minimum atomic E-state index is 0.706. The molecule has 0 aliphatic carbocycles. The maximum absolute atomic E-state index is 4.34. The van der Waals surface area contributed by atoms with E-state index in [1.807, 2.05) is 24.3 Å². The highest BCUT2D eigenvalue weighted by atomic mass is 15.2. The van der Waals surface area contributed by atoms with Gasteiger partial charge in [0, 0.05) is 11.4 Å². The van der Waals surface area contributed by atoms with E-state index >= 15 is 0 Å². The van der Waals surface area contributed by atoms with Crippen LogP contribution in [-0.4, -0.2) is 6.72 Å². The fourth-order valence-corrected chi connectivity index (χ4v) is 7.77. The van der Waals surface area contributed by atoms with E-state index in [2.05, 4.69) is 187 Å². The number of allylic oxidation sites excluding steroid dienone is 2. The Labute approximate surface area is 309 Å². The Kier molecular flexibility index (Phi) is 8.19. The molecular weight excluding hydrogens is 641 g/mol. The van der Waals surface area contributed by atoms with Crippen LogP contribution in [0, 0.1) is 0 Å². The number of nitrogens with zero attached hydrogens (tertiary/aromatic N) is 2. The van der Waals surface area contributed by atoms with Gasteiger partial charge in [0.15, 0.2) is 0 Å². The first-order valence-electron chi connectivity index (χ1n) is 17.9. The van der Waals surface area contributed by atoms with Crippen molar-refractivity contribution in [1.29, 1.82) is 0 Å². The second-order valence-corrected chi connectivity index (χ2v) is 13.3. The maximum atomic E-state index is 4.34. The van der Waals surface area contributed by atoms with Crippen LogP contribution in [-0.2, 0) is 0 Å². The van der Waals surface area contributed by atoms with E-state index in [0.717, 1.165) is 22.5 Å². The summed E-state index contributed by atoms with van der Waals surface area (Å²) in [7, 11) is 0. The smallest absolute Gasteiger partial charge is 0.136 e. The second-order valence-electron chi connectivity index (χ2n) is 13.3. The van der Waals surface area contributed by atoms with Gasteiger partial charge in [0.1, 0.15) is 5.82 Å². The van der Waals surface area contributed by atoms with Crippen LogP contribution < -0.4 is 4.90 Å². The van der Waals surface area contributed by atoms with Gasteiger partial charge in [-0.2, -0.15) is 0 Å². The molecule has 0 bridgehead atoms. The largest absolute Gasteiger partial charge is 0.295 e. The first kappa shape index (κ1) is 31.9. The molecule has 2 nitrogen and oxygen atoms in total. The van der Waals surface area contributed by atoms with E-state index in [1.54, 1.807) is 6.08 Å². The highest BCUT2D eigenvalue weighted by molar-refractivity contribution is 6.22. The molecule has 0 N–H and O–H groups in total. The van der Waals surface area contributed by atoms with Crippen LogP contribution in [0.5, 0.6) is 0 Å². The number of para-hydroxylation sites is 1. The highest BCUT2D eigenvalue weighted by Crippen LogP contribution is 2.46. The fourth-order valence-electron chi connectivity index (χ4n) is 7.77. The molecule has 250 valence electrons. The number of fused-ring (bicyclic) bond motifs is 4. The summed E-state index contributed by atoms with van der Waals surface area (Å²) in [5, 5.41) is 9.88. The lowest BCUT2D eigenvalue weighted by atomic mass is 9.84. The maximum Gasteiger partial charge on any atom is 0.136 e. The lowest BCUT2D eigenvalue weighted by Crippen LogP contribution is -2.14. The van der Waals surface area contributed by atoms with Crippen LogP contribution in [0.1, 0.15) is 0 Å². The Morgan fingerprint density at radius 2 is 0.887 bits per heavy atom. The minimum absolute atomic E-state index is 0.706. The molecule has 0 heterocycles. The molecule has 0 fully saturated rings. The lowest BCUT2D eigenvalue weighted by Gasteiger charge is -2.25. The van der Waals surface area contributed by atoms with E-state index in [-0.39, 0.29) is 0 Å². The van der Waals surface area contributed by atoms with Crippen molar-refractivity contribution in [3.8, 4) is 33.4 Å². The van der Waals surface area contributed by atoms with Crippen molar-refractivity contribution in [3.05, 3.63) is 207 Å². The fraction of sp³-hybridized carbons (Fsp3) is 0. The number of hydrogen-bond acceptors (Lipinski definition) is 2. The van der Waals surface area contributed by atoms with Crippen LogP contribution in [0.4, 0.5) is 11.4 Å². The van der Waals surface area contributed by atoms with Crippen molar-refractivity contribution in [3.63, 3.8) is 0 Å². The molecule has 0 unspecified atom stereocenters. The molecule has 0 atom stereocenters.